The number of nitrogens with zero attached hydrogens (tertiary/aromatic N) is 5. The van der Waals surface area contributed by atoms with Crippen LogP contribution in [0.4, 0.5) is 11.6 Å². The van der Waals surface area contributed by atoms with Crippen molar-refractivity contribution in [3.8, 4) is 0 Å². The first-order valence-corrected chi connectivity index (χ1v) is 10.1. The molecular formula is C19H20BrN5O4. The number of benzene rings is 1. The number of rotatable bonds is 4. The summed E-state index contributed by atoms with van der Waals surface area (Å²) in [5.41, 5.74) is 0.433. The maximum absolute atomic E-state index is 13.1. The Hall–Kier alpha value is -2.88. The molecule has 2 aromatic heterocycles. The van der Waals surface area contributed by atoms with Crippen molar-refractivity contribution in [2.45, 2.75) is 26.4 Å². The van der Waals surface area contributed by atoms with Crippen LogP contribution in [0, 0.1) is 0 Å². The van der Waals surface area contributed by atoms with Crippen molar-refractivity contribution in [2.75, 3.05) is 18.1 Å². The Morgan fingerprint density at radius 3 is 2.62 bits per heavy atom. The fourth-order valence-electron chi connectivity index (χ4n) is 3.61. The van der Waals surface area contributed by atoms with Gasteiger partial charge in [-0.3, -0.25) is 14.2 Å². The SMILES string of the molecule is CCOC(=O)Cn1c(=O)c2c(nc3n2CCCN3c2ccc(Br)cc2)n(C)c1=O. The standard InChI is InChI=1S/C19H20BrN5O4/c1-3-29-14(26)11-25-17(27)15-16(22(2)19(25)28)21-18-23(9-4-10-24(15)18)13-7-5-12(20)6-8-13/h5-8H,3-4,9-11H2,1-2H3. The van der Waals surface area contributed by atoms with Gasteiger partial charge in [-0.05, 0) is 37.6 Å². The number of aromatic nitrogens is 4. The average Bonchev–Trinajstić information content (AvgIpc) is 3.10. The average molecular weight is 462 g/mol. The lowest BCUT2D eigenvalue weighted by atomic mass is 10.2. The maximum atomic E-state index is 13.1. The molecule has 29 heavy (non-hydrogen) atoms. The zero-order chi connectivity index (χ0) is 20.7. The highest BCUT2D eigenvalue weighted by Gasteiger charge is 2.27. The van der Waals surface area contributed by atoms with Crippen molar-refractivity contribution in [3.05, 3.63) is 49.6 Å². The minimum Gasteiger partial charge on any atom is -0.465 e. The number of anilines is 2. The summed E-state index contributed by atoms with van der Waals surface area (Å²) in [7, 11) is 1.55. The van der Waals surface area contributed by atoms with E-state index in [4.69, 9.17) is 4.74 Å². The molecule has 1 aliphatic heterocycles. The van der Waals surface area contributed by atoms with Gasteiger partial charge in [0.25, 0.3) is 5.56 Å². The molecule has 0 N–H and O–H groups in total. The van der Waals surface area contributed by atoms with E-state index in [0.29, 0.717) is 23.7 Å². The molecular weight excluding hydrogens is 442 g/mol. The number of hydrogen-bond acceptors (Lipinski definition) is 6. The summed E-state index contributed by atoms with van der Waals surface area (Å²) >= 11 is 3.44. The smallest absolute Gasteiger partial charge is 0.333 e. The number of aryl methyl sites for hydroxylation is 2. The minimum absolute atomic E-state index is 0.181. The van der Waals surface area contributed by atoms with Gasteiger partial charge in [-0.2, -0.15) is 4.98 Å². The van der Waals surface area contributed by atoms with Crippen molar-refractivity contribution in [2.24, 2.45) is 7.05 Å². The molecule has 3 aromatic rings. The van der Waals surface area contributed by atoms with Crippen LogP contribution in [0.1, 0.15) is 13.3 Å². The van der Waals surface area contributed by atoms with Crippen molar-refractivity contribution in [1.82, 2.24) is 18.7 Å². The second-order valence-corrected chi connectivity index (χ2v) is 7.67. The number of esters is 1. The van der Waals surface area contributed by atoms with Crippen LogP contribution in [-0.2, 0) is 29.7 Å². The normalized spacial score (nSPS) is 13.6. The Morgan fingerprint density at radius 2 is 1.93 bits per heavy atom. The van der Waals surface area contributed by atoms with Crippen LogP contribution in [0.3, 0.4) is 0 Å². The Labute approximate surface area is 174 Å². The van der Waals surface area contributed by atoms with Crippen LogP contribution in [0.5, 0.6) is 0 Å². The lowest BCUT2D eigenvalue weighted by Crippen LogP contribution is -2.41. The highest BCUT2D eigenvalue weighted by atomic mass is 79.9. The Balaban J connectivity index is 1.90. The molecule has 4 rings (SSSR count). The molecule has 0 radical (unpaired) electrons. The minimum atomic E-state index is -0.624. The van der Waals surface area contributed by atoms with Gasteiger partial charge in [0.2, 0.25) is 5.95 Å². The molecule has 3 heterocycles. The third kappa shape index (κ3) is 3.27. The fourth-order valence-corrected chi connectivity index (χ4v) is 3.87. The molecule has 0 aliphatic carbocycles. The van der Waals surface area contributed by atoms with Crippen LogP contribution in [0.15, 0.2) is 38.3 Å². The maximum Gasteiger partial charge on any atom is 0.333 e. The van der Waals surface area contributed by atoms with E-state index in [2.05, 4.69) is 20.9 Å². The summed E-state index contributed by atoms with van der Waals surface area (Å²) in [6.07, 6.45) is 0.814. The first-order chi connectivity index (χ1) is 13.9. The summed E-state index contributed by atoms with van der Waals surface area (Å²) < 4.78 is 9.91. The lowest BCUT2D eigenvalue weighted by molar-refractivity contribution is -0.143. The highest BCUT2D eigenvalue weighted by Crippen LogP contribution is 2.31. The van der Waals surface area contributed by atoms with Gasteiger partial charge in [-0.1, -0.05) is 15.9 Å². The largest absolute Gasteiger partial charge is 0.465 e. The zero-order valence-electron chi connectivity index (χ0n) is 16.1. The van der Waals surface area contributed by atoms with Gasteiger partial charge < -0.3 is 14.2 Å². The molecule has 0 saturated carbocycles. The predicted octanol–water partition coefficient (Wildman–Crippen LogP) is 1.76. The molecule has 0 atom stereocenters. The van der Waals surface area contributed by atoms with Crippen molar-refractivity contribution in [3.63, 3.8) is 0 Å². The summed E-state index contributed by atoms with van der Waals surface area (Å²) in [5.74, 6) is -0.0181. The first kappa shape index (κ1) is 19.4. The first-order valence-electron chi connectivity index (χ1n) is 9.31. The number of halogens is 1. The van der Waals surface area contributed by atoms with E-state index in [-0.39, 0.29) is 6.61 Å². The number of ether oxygens (including phenoxy) is 1. The van der Waals surface area contributed by atoms with Gasteiger partial charge in [0.15, 0.2) is 11.2 Å². The number of imidazole rings is 1. The third-order valence-corrected chi connectivity index (χ3v) is 5.48. The van der Waals surface area contributed by atoms with E-state index in [0.717, 1.165) is 27.7 Å². The molecule has 0 fully saturated rings. The van der Waals surface area contributed by atoms with E-state index in [1.165, 1.54) is 4.57 Å². The molecule has 1 aliphatic rings. The number of carbonyl (C=O) groups excluding carboxylic acids is 1. The Kier molecular flexibility index (Phi) is 5.03. The molecule has 0 spiro atoms. The van der Waals surface area contributed by atoms with Crippen LogP contribution < -0.4 is 16.1 Å². The molecule has 0 amide bonds. The Morgan fingerprint density at radius 1 is 1.21 bits per heavy atom. The van der Waals surface area contributed by atoms with E-state index >= 15 is 0 Å². The molecule has 152 valence electrons. The molecule has 1 aromatic carbocycles. The monoisotopic (exact) mass is 461 g/mol. The second-order valence-electron chi connectivity index (χ2n) is 6.76. The Bertz CT molecular complexity index is 1210. The van der Waals surface area contributed by atoms with E-state index in [1.807, 2.05) is 33.7 Å². The van der Waals surface area contributed by atoms with Gasteiger partial charge in [0, 0.05) is 30.3 Å². The molecule has 10 heteroatoms. The third-order valence-electron chi connectivity index (χ3n) is 4.95. The number of carbonyl (C=O) groups is 1. The lowest BCUT2D eigenvalue weighted by Gasteiger charge is -2.29. The van der Waals surface area contributed by atoms with Crippen molar-refractivity contribution in [1.29, 1.82) is 0 Å². The zero-order valence-corrected chi connectivity index (χ0v) is 17.7. The van der Waals surface area contributed by atoms with Crippen molar-refractivity contribution >= 4 is 44.7 Å². The van der Waals surface area contributed by atoms with E-state index in [1.54, 1.807) is 14.0 Å². The van der Waals surface area contributed by atoms with Gasteiger partial charge in [0.05, 0.1) is 6.61 Å². The summed E-state index contributed by atoms with van der Waals surface area (Å²) in [5, 5.41) is 0. The second kappa shape index (κ2) is 7.51. The quantitative estimate of drug-likeness (QED) is 0.549. The molecule has 0 bridgehead atoms. The van der Waals surface area contributed by atoms with Crippen LogP contribution in [0.2, 0.25) is 0 Å². The van der Waals surface area contributed by atoms with Crippen LogP contribution >= 0.6 is 15.9 Å². The molecule has 0 unspecified atom stereocenters. The van der Waals surface area contributed by atoms with Crippen LogP contribution in [0.25, 0.3) is 11.2 Å². The summed E-state index contributed by atoms with van der Waals surface area (Å²) in [6, 6.07) is 7.83. The van der Waals surface area contributed by atoms with Gasteiger partial charge >= 0.3 is 11.7 Å². The summed E-state index contributed by atoms with van der Waals surface area (Å²) in [6.45, 7) is 2.78. The number of fused-ring (bicyclic) bond motifs is 3. The van der Waals surface area contributed by atoms with Gasteiger partial charge in [-0.15, -0.1) is 0 Å². The number of hydrogen-bond donors (Lipinski definition) is 0. The highest BCUT2D eigenvalue weighted by molar-refractivity contribution is 9.10. The van der Waals surface area contributed by atoms with E-state index < -0.39 is 23.8 Å². The van der Waals surface area contributed by atoms with Gasteiger partial charge in [0.1, 0.15) is 6.54 Å². The topological polar surface area (TPSA) is 91.4 Å². The van der Waals surface area contributed by atoms with Crippen LogP contribution in [-0.4, -0.2) is 37.8 Å². The fraction of sp³-hybridized carbons (Fsp3) is 0.368. The van der Waals surface area contributed by atoms with Gasteiger partial charge in [-0.25, -0.2) is 9.36 Å². The predicted molar refractivity (Wildman–Crippen MR) is 112 cm³/mol. The van der Waals surface area contributed by atoms with Crippen molar-refractivity contribution < 1.29 is 9.53 Å². The molecule has 9 nitrogen and oxygen atoms in total. The molecule has 0 saturated heterocycles. The van der Waals surface area contributed by atoms with E-state index in [9.17, 15) is 14.4 Å². The summed E-state index contributed by atoms with van der Waals surface area (Å²) in [4.78, 5) is 44.4.